The van der Waals surface area contributed by atoms with Crippen molar-refractivity contribution in [2.24, 2.45) is 0 Å². The Balaban J connectivity index is 2.16. The molecule has 100 valence electrons. The summed E-state index contributed by atoms with van der Waals surface area (Å²) in [5.41, 5.74) is 3.08. The van der Waals surface area contributed by atoms with Gasteiger partial charge in [-0.25, -0.2) is 0 Å². The van der Waals surface area contributed by atoms with Crippen LogP contribution < -0.4 is 9.47 Å². The maximum Gasteiger partial charge on any atom is 0.129 e. The van der Waals surface area contributed by atoms with E-state index in [9.17, 15) is 5.11 Å². The van der Waals surface area contributed by atoms with E-state index >= 15 is 0 Å². The zero-order valence-corrected chi connectivity index (χ0v) is 11.2. The highest BCUT2D eigenvalue weighted by Crippen LogP contribution is 2.26. The third-order valence-corrected chi connectivity index (χ3v) is 3.09. The fourth-order valence-corrected chi connectivity index (χ4v) is 1.85. The zero-order valence-electron chi connectivity index (χ0n) is 11.2. The average Bonchev–Trinajstić information content (AvgIpc) is 2.46. The van der Waals surface area contributed by atoms with Crippen LogP contribution in [0.25, 0.3) is 0 Å². The van der Waals surface area contributed by atoms with Gasteiger partial charge in [-0.3, -0.25) is 0 Å². The van der Waals surface area contributed by atoms with Crippen LogP contribution in [0.3, 0.4) is 0 Å². The molecule has 0 radical (unpaired) electrons. The Labute approximate surface area is 113 Å². The molecule has 2 rings (SSSR count). The summed E-state index contributed by atoms with van der Waals surface area (Å²) in [6.07, 6.45) is 0. The van der Waals surface area contributed by atoms with E-state index in [2.05, 4.69) is 13.0 Å². The first-order valence-electron chi connectivity index (χ1n) is 6.19. The summed E-state index contributed by atoms with van der Waals surface area (Å²) in [6.45, 7) is 2.48. The molecule has 0 atom stereocenters. The molecular weight excluding hydrogens is 240 g/mol. The van der Waals surface area contributed by atoms with Gasteiger partial charge >= 0.3 is 0 Å². The third-order valence-electron chi connectivity index (χ3n) is 3.09. The molecule has 0 aliphatic heterocycles. The summed E-state index contributed by atoms with van der Waals surface area (Å²) in [4.78, 5) is 0. The predicted octanol–water partition coefficient (Wildman–Crippen LogP) is 3.07. The van der Waals surface area contributed by atoms with E-state index in [-0.39, 0.29) is 6.61 Å². The van der Waals surface area contributed by atoms with Gasteiger partial charge in [-0.05, 0) is 30.2 Å². The van der Waals surface area contributed by atoms with Crippen LogP contribution >= 0.6 is 0 Å². The predicted molar refractivity (Wildman–Crippen MR) is 74.4 cm³/mol. The third kappa shape index (κ3) is 3.26. The lowest BCUT2D eigenvalue weighted by Crippen LogP contribution is -2.00. The van der Waals surface area contributed by atoms with Gasteiger partial charge in [0.25, 0.3) is 0 Å². The molecule has 2 aromatic carbocycles. The number of benzene rings is 2. The van der Waals surface area contributed by atoms with Crippen LogP contribution in [0.2, 0.25) is 0 Å². The fourth-order valence-electron chi connectivity index (χ4n) is 1.85. The van der Waals surface area contributed by atoms with E-state index < -0.39 is 0 Å². The van der Waals surface area contributed by atoms with Crippen LogP contribution in [0.15, 0.2) is 42.5 Å². The Hall–Kier alpha value is -2.00. The summed E-state index contributed by atoms with van der Waals surface area (Å²) in [5, 5.41) is 9.31. The van der Waals surface area contributed by atoms with E-state index in [0.717, 1.165) is 16.9 Å². The van der Waals surface area contributed by atoms with Crippen LogP contribution in [0, 0.1) is 6.92 Å². The molecule has 3 nitrogen and oxygen atoms in total. The lowest BCUT2D eigenvalue weighted by Gasteiger charge is -2.13. The van der Waals surface area contributed by atoms with Gasteiger partial charge in [-0.2, -0.15) is 0 Å². The van der Waals surface area contributed by atoms with Crippen LogP contribution in [0.4, 0.5) is 0 Å². The Kier molecular flexibility index (Phi) is 4.42. The molecule has 0 heterocycles. The smallest absolute Gasteiger partial charge is 0.129 e. The van der Waals surface area contributed by atoms with E-state index in [1.165, 1.54) is 5.56 Å². The van der Waals surface area contributed by atoms with Crippen molar-refractivity contribution in [1.29, 1.82) is 0 Å². The van der Waals surface area contributed by atoms with E-state index in [4.69, 9.17) is 9.47 Å². The van der Waals surface area contributed by atoms with E-state index in [1.807, 2.05) is 30.3 Å². The minimum atomic E-state index is -0.0485. The first-order chi connectivity index (χ1) is 9.24. The van der Waals surface area contributed by atoms with Crippen LogP contribution in [-0.2, 0) is 13.2 Å². The van der Waals surface area contributed by atoms with Crippen molar-refractivity contribution in [3.63, 3.8) is 0 Å². The number of methoxy groups -OCH3 is 1. The Morgan fingerprint density at radius 3 is 2.53 bits per heavy atom. The van der Waals surface area contributed by atoms with Crippen LogP contribution in [-0.4, -0.2) is 12.2 Å². The maximum atomic E-state index is 9.31. The second kappa shape index (κ2) is 6.25. The summed E-state index contributed by atoms with van der Waals surface area (Å²) in [7, 11) is 1.61. The fraction of sp³-hybridized carbons (Fsp3) is 0.250. The van der Waals surface area contributed by atoms with Crippen molar-refractivity contribution >= 4 is 0 Å². The van der Waals surface area contributed by atoms with Gasteiger partial charge in [0.1, 0.15) is 18.1 Å². The Morgan fingerprint density at radius 2 is 1.84 bits per heavy atom. The summed E-state index contributed by atoms with van der Waals surface area (Å²) < 4.78 is 11.0. The highest BCUT2D eigenvalue weighted by atomic mass is 16.5. The lowest BCUT2D eigenvalue weighted by atomic mass is 10.1. The number of aliphatic hydroxyl groups excluding tert-OH is 1. The van der Waals surface area contributed by atoms with Gasteiger partial charge in [0.05, 0.1) is 13.7 Å². The number of ether oxygens (including phenoxy) is 2. The number of aliphatic hydroxyl groups is 1. The molecular formula is C16H18O3. The topological polar surface area (TPSA) is 38.7 Å². The number of rotatable bonds is 5. The largest absolute Gasteiger partial charge is 0.497 e. The Morgan fingerprint density at radius 1 is 1.05 bits per heavy atom. The molecule has 19 heavy (non-hydrogen) atoms. The zero-order chi connectivity index (χ0) is 13.7. The molecule has 0 saturated carbocycles. The highest BCUT2D eigenvalue weighted by Gasteiger charge is 2.06. The quantitative estimate of drug-likeness (QED) is 0.895. The highest BCUT2D eigenvalue weighted by molar-refractivity contribution is 5.40. The molecule has 1 N–H and O–H groups in total. The normalized spacial score (nSPS) is 10.3. The molecule has 0 spiro atoms. The minimum Gasteiger partial charge on any atom is -0.497 e. The molecule has 0 fully saturated rings. The number of aryl methyl sites for hydroxylation is 1. The van der Waals surface area contributed by atoms with Crippen molar-refractivity contribution in [1.82, 2.24) is 0 Å². The summed E-state index contributed by atoms with van der Waals surface area (Å²) in [6, 6.07) is 13.5. The second-order valence-electron chi connectivity index (χ2n) is 4.35. The Bertz CT molecular complexity index is 549. The molecule has 0 aromatic heterocycles. The van der Waals surface area contributed by atoms with Crippen molar-refractivity contribution < 1.29 is 14.6 Å². The molecule has 2 aromatic rings. The van der Waals surface area contributed by atoms with E-state index in [1.54, 1.807) is 13.2 Å². The molecule has 0 aliphatic carbocycles. The van der Waals surface area contributed by atoms with Gasteiger partial charge in [-0.1, -0.05) is 24.3 Å². The number of hydrogen-bond acceptors (Lipinski definition) is 3. The molecule has 0 saturated heterocycles. The average molecular weight is 258 g/mol. The van der Waals surface area contributed by atoms with E-state index in [0.29, 0.717) is 12.4 Å². The monoisotopic (exact) mass is 258 g/mol. The number of hydrogen-bond donors (Lipinski definition) is 1. The summed E-state index contributed by atoms with van der Waals surface area (Å²) in [5.74, 6) is 1.38. The lowest BCUT2D eigenvalue weighted by molar-refractivity contribution is 0.257. The van der Waals surface area contributed by atoms with Crippen molar-refractivity contribution in [2.75, 3.05) is 7.11 Å². The minimum absolute atomic E-state index is 0.0485. The first-order valence-corrected chi connectivity index (χ1v) is 6.19. The standard InChI is InChI=1S/C16H18O3/c1-12-5-3-4-6-14(12)11-19-16-9-15(18-2)8-7-13(16)10-17/h3-9,17H,10-11H2,1-2H3. The summed E-state index contributed by atoms with van der Waals surface area (Å²) >= 11 is 0. The van der Waals surface area contributed by atoms with Gasteiger partial charge < -0.3 is 14.6 Å². The molecule has 3 heteroatoms. The first kappa shape index (κ1) is 13.4. The molecule has 0 amide bonds. The van der Waals surface area contributed by atoms with Crippen LogP contribution in [0.1, 0.15) is 16.7 Å². The van der Waals surface area contributed by atoms with Gasteiger partial charge in [0.2, 0.25) is 0 Å². The molecule has 0 aliphatic rings. The van der Waals surface area contributed by atoms with Gasteiger partial charge in [-0.15, -0.1) is 0 Å². The maximum absolute atomic E-state index is 9.31. The van der Waals surface area contributed by atoms with Gasteiger partial charge in [0, 0.05) is 11.6 Å². The van der Waals surface area contributed by atoms with Crippen LogP contribution in [0.5, 0.6) is 11.5 Å². The van der Waals surface area contributed by atoms with Crippen molar-refractivity contribution in [3.05, 3.63) is 59.2 Å². The molecule has 0 unspecified atom stereocenters. The van der Waals surface area contributed by atoms with Crippen molar-refractivity contribution in [3.8, 4) is 11.5 Å². The van der Waals surface area contributed by atoms with Crippen molar-refractivity contribution in [2.45, 2.75) is 20.1 Å². The SMILES string of the molecule is COc1ccc(CO)c(OCc2ccccc2C)c1. The molecule has 0 bridgehead atoms. The second-order valence-corrected chi connectivity index (χ2v) is 4.35. The van der Waals surface area contributed by atoms with Gasteiger partial charge in [0.15, 0.2) is 0 Å².